The summed E-state index contributed by atoms with van der Waals surface area (Å²) >= 11 is 0. The third-order valence-electron chi connectivity index (χ3n) is 3.64. The third kappa shape index (κ3) is 2.99. The summed E-state index contributed by atoms with van der Waals surface area (Å²) in [5.74, 6) is -1.80. The van der Waals surface area contributed by atoms with E-state index in [9.17, 15) is 19.2 Å². The minimum absolute atomic E-state index is 0.195. The standard InChI is InChI=1S/C18H14N2O5/c1-2-25-17(23)11-7-9-12(10-8-11)19-18(24)20-15(21)13-5-3-4-6-14(13)16(20)22/h3-10H,2H2,1H3,(H,19,24). The van der Waals surface area contributed by atoms with Crippen molar-refractivity contribution < 1.29 is 23.9 Å². The molecule has 2 aromatic rings. The first-order chi connectivity index (χ1) is 12.0. The number of ether oxygens (including phenoxy) is 1. The number of hydrogen-bond acceptors (Lipinski definition) is 5. The van der Waals surface area contributed by atoms with E-state index in [1.165, 1.54) is 36.4 Å². The fourth-order valence-corrected chi connectivity index (χ4v) is 2.46. The molecule has 126 valence electrons. The van der Waals surface area contributed by atoms with Crippen LogP contribution in [0.1, 0.15) is 38.0 Å². The van der Waals surface area contributed by atoms with Crippen LogP contribution in [0.3, 0.4) is 0 Å². The molecule has 0 saturated heterocycles. The first-order valence-electron chi connectivity index (χ1n) is 7.59. The molecule has 1 N–H and O–H groups in total. The molecule has 25 heavy (non-hydrogen) atoms. The number of imide groups is 3. The van der Waals surface area contributed by atoms with Crippen LogP contribution in [-0.4, -0.2) is 35.3 Å². The molecule has 0 saturated carbocycles. The highest BCUT2D eigenvalue weighted by Crippen LogP contribution is 2.23. The van der Waals surface area contributed by atoms with Gasteiger partial charge in [-0.15, -0.1) is 0 Å². The van der Waals surface area contributed by atoms with E-state index < -0.39 is 23.8 Å². The van der Waals surface area contributed by atoms with Crippen LogP contribution >= 0.6 is 0 Å². The van der Waals surface area contributed by atoms with Gasteiger partial charge in [0, 0.05) is 5.69 Å². The van der Waals surface area contributed by atoms with E-state index in [0.717, 1.165) is 0 Å². The largest absolute Gasteiger partial charge is 0.462 e. The maximum Gasteiger partial charge on any atom is 0.338 e. The van der Waals surface area contributed by atoms with Gasteiger partial charge in [0.05, 0.1) is 23.3 Å². The van der Waals surface area contributed by atoms with Crippen LogP contribution in [-0.2, 0) is 4.74 Å². The summed E-state index contributed by atoms with van der Waals surface area (Å²) in [6, 6.07) is 11.3. The van der Waals surface area contributed by atoms with Crippen molar-refractivity contribution in [3.8, 4) is 0 Å². The monoisotopic (exact) mass is 338 g/mol. The lowest BCUT2D eigenvalue weighted by Crippen LogP contribution is -2.39. The number of urea groups is 1. The number of fused-ring (bicyclic) bond motifs is 1. The summed E-state index contributed by atoms with van der Waals surface area (Å²) in [4.78, 5) is 48.9. The average Bonchev–Trinajstić information content (AvgIpc) is 2.87. The molecule has 0 unspecified atom stereocenters. The van der Waals surface area contributed by atoms with Gasteiger partial charge in [-0.1, -0.05) is 12.1 Å². The van der Waals surface area contributed by atoms with Crippen molar-refractivity contribution in [3.05, 3.63) is 65.2 Å². The Kier molecular flexibility index (Phi) is 4.30. The lowest BCUT2D eigenvalue weighted by atomic mass is 10.1. The van der Waals surface area contributed by atoms with E-state index in [1.807, 2.05) is 0 Å². The van der Waals surface area contributed by atoms with Crippen molar-refractivity contribution in [3.63, 3.8) is 0 Å². The van der Waals surface area contributed by atoms with Gasteiger partial charge in [0.1, 0.15) is 0 Å². The zero-order valence-electron chi connectivity index (χ0n) is 13.3. The highest BCUT2D eigenvalue weighted by Gasteiger charge is 2.39. The highest BCUT2D eigenvalue weighted by molar-refractivity contribution is 6.30. The third-order valence-corrected chi connectivity index (χ3v) is 3.64. The summed E-state index contributed by atoms with van der Waals surface area (Å²) < 4.78 is 4.87. The molecule has 0 aromatic heterocycles. The molecule has 1 aliphatic heterocycles. The van der Waals surface area contributed by atoms with Gasteiger partial charge < -0.3 is 10.1 Å². The van der Waals surface area contributed by atoms with Gasteiger partial charge in [0.2, 0.25) is 0 Å². The molecular formula is C18H14N2O5. The molecule has 1 heterocycles. The topological polar surface area (TPSA) is 92.8 Å². The van der Waals surface area contributed by atoms with Crippen molar-refractivity contribution in [2.75, 3.05) is 11.9 Å². The smallest absolute Gasteiger partial charge is 0.338 e. The van der Waals surface area contributed by atoms with Crippen LogP contribution in [0.5, 0.6) is 0 Å². The molecule has 0 fully saturated rings. The highest BCUT2D eigenvalue weighted by atomic mass is 16.5. The number of rotatable bonds is 3. The second-order valence-corrected chi connectivity index (χ2v) is 5.22. The predicted octanol–water partition coefficient (Wildman–Crippen LogP) is 2.69. The van der Waals surface area contributed by atoms with Crippen molar-refractivity contribution in [2.24, 2.45) is 0 Å². The van der Waals surface area contributed by atoms with Crippen molar-refractivity contribution in [1.29, 1.82) is 0 Å². The number of benzene rings is 2. The maximum atomic E-state index is 12.3. The first-order valence-corrected chi connectivity index (χ1v) is 7.59. The number of hydrogen-bond donors (Lipinski definition) is 1. The molecule has 0 radical (unpaired) electrons. The Bertz CT molecular complexity index is 838. The van der Waals surface area contributed by atoms with E-state index in [4.69, 9.17) is 4.74 Å². The van der Waals surface area contributed by atoms with Gasteiger partial charge in [-0.3, -0.25) is 9.59 Å². The molecule has 4 amide bonds. The Morgan fingerprint density at radius 3 is 2.04 bits per heavy atom. The lowest BCUT2D eigenvalue weighted by Gasteiger charge is -2.13. The van der Waals surface area contributed by atoms with Crippen molar-refractivity contribution >= 4 is 29.5 Å². The fourth-order valence-electron chi connectivity index (χ4n) is 2.46. The van der Waals surface area contributed by atoms with Crippen LogP contribution < -0.4 is 5.32 Å². The number of esters is 1. The van der Waals surface area contributed by atoms with Gasteiger partial charge >= 0.3 is 12.0 Å². The Hall–Kier alpha value is -3.48. The van der Waals surface area contributed by atoms with Crippen LogP contribution in [0, 0.1) is 0 Å². The summed E-state index contributed by atoms with van der Waals surface area (Å²) in [7, 11) is 0. The zero-order chi connectivity index (χ0) is 18.0. The van der Waals surface area contributed by atoms with Gasteiger partial charge in [-0.25, -0.2) is 9.59 Å². The molecule has 7 nitrogen and oxygen atoms in total. The second-order valence-electron chi connectivity index (χ2n) is 5.22. The molecule has 3 rings (SSSR count). The molecule has 0 atom stereocenters. The molecular weight excluding hydrogens is 324 g/mol. The Labute approximate surface area is 143 Å². The zero-order valence-corrected chi connectivity index (χ0v) is 13.3. The van der Waals surface area contributed by atoms with Crippen molar-refractivity contribution in [1.82, 2.24) is 4.90 Å². The Balaban J connectivity index is 1.74. The van der Waals surface area contributed by atoms with Gasteiger partial charge in [-0.2, -0.15) is 4.90 Å². The number of anilines is 1. The molecule has 0 bridgehead atoms. The molecule has 0 spiro atoms. The maximum absolute atomic E-state index is 12.3. The molecule has 7 heteroatoms. The second kappa shape index (κ2) is 6.56. The van der Waals surface area contributed by atoms with E-state index in [2.05, 4.69) is 5.32 Å². The van der Waals surface area contributed by atoms with Crippen LogP contribution in [0.15, 0.2) is 48.5 Å². The predicted molar refractivity (Wildman–Crippen MR) is 88.4 cm³/mol. The summed E-state index contributed by atoms with van der Waals surface area (Å²) in [6.07, 6.45) is 0. The van der Waals surface area contributed by atoms with E-state index in [1.54, 1.807) is 19.1 Å². The van der Waals surface area contributed by atoms with Crippen LogP contribution in [0.25, 0.3) is 0 Å². The number of carbonyl (C=O) groups excluding carboxylic acids is 4. The SMILES string of the molecule is CCOC(=O)c1ccc(NC(=O)N2C(=O)c3ccccc3C2=O)cc1. The number of nitrogens with zero attached hydrogens (tertiary/aromatic N) is 1. The Morgan fingerprint density at radius 1 is 0.960 bits per heavy atom. The van der Waals surface area contributed by atoms with Crippen LogP contribution in [0.2, 0.25) is 0 Å². The Morgan fingerprint density at radius 2 is 1.52 bits per heavy atom. The molecule has 1 aliphatic rings. The summed E-state index contributed by atoms with van der Waals surface area (Å²) in [5.41, 5.74) is 1.07. The van der Waals surface area contributed by atoms with E-state index >= 15 is 0 Å². The quantitative estimate of drug-likeness (QED) is 0.686. The normalized spacial score (nSPS) is 12.8. The lowest BCUT2D eigenvalue weighted by molar-refractivity contribution is 0.0525. The van der Waals surface area contributed by atoms with Gasteiger partial charge in [-0.05, 0) is 43.3 Å². The summed E-state index contributed by atoms with van der Waals surface area (Å²) in [6.45, 7) is 1.96. The minimum atomic E-state index is -0.852. The first kappa shape index (κ1) is 16.4. The van der Waals surface area contributed by atoms with E-state index in [-0.39, 0.29) is 17.7 Å². The van der Waals surface area contributed by atoms with Crippen molar-refractivity contribution in [2.45, 2.75) is 6.92 Å². The van der Waals surface area contributed by atoms with Crippen LogP contribution in [0.4, 0.5) is 10.5 Å². The number of nitrogens with one attached hydrogen (secondary N) is 1. The molecule has 0 aliphatic carbocycles. The molecule has 2 aromatic carbocycles. The van der Waals surface area contributed by atoms with E-state index in [0.29, 0.717) is 16.2 Å². The average molecular weight is 338 g/mol. The van der Waals surface area contributed by atoms with Gasteiger partial charge in [0.25, 0.3) is 11.8 Å². The minimum Gasteiger partial charge on any atom is -0.462 e. The number of carbonyl (C=O) groups is 4. The number of amides is 4. The van der Waals surface area contributed by atoms with Gasteiger partial charge in [0.15, 0.2) is 0 Å². The summed E-state index contributed by atoms with van der Waals surface area (Å²) in [5, 5.41) is 2.47. The fraction of sp³-hybridized carbons (Fsp3) is 0.111.